The molecular formula is C13H29N3O. The molecule has 0 aromatic heterocycles. The Morgan fingerprint density at radius 3 is 2.18 bits per heavy atom. The minimum atomic E-state index is 0.0737. The lowest BCUT2D eigenvalue weighted by Crippen LogP contribution is -2.52. The first-order chi connectivity index (χ1) is 7.72. The van der Waals surface area contributed by atoms with Gasteiger partial charge < -0.3 is 11.1 Å². The first kappa shape index (κ1) is 16.4. The predicted molar refractivity (Wildman–Crippen MR) is 72.8 cm³/mol. The Morgan fingerprint density at radius 1 is 1.35 bits per heavy atom. The van der Waals surface area contributed by atoms with Gasteiger partial charge in [-0.3, -0.25) is 9.69 Å². The summed E-state index contributed by atoms with van der Waals surface area (Å²) in [5.74, 6) is 0.0737. The average Bonchev–Trinajstić information content (AvgIpc) is 2.13. The number of rotatable bonds is 6. The van der Waals surface area contributed by atoms with Gasteiger partial charge in [0, 0.05) is 18.6 Å². The predicted octanol–water partition coefficient (Wildman–Crippen LogP) is 1.21. The van der Waals surface area contributed by atoms with Crippen LogP contribution in [-0.4, -0.2) is 42.5 Å². The zero-order valence-corrected chi connectivity index (χ0v) is 12.2. The van der Waals surface area contributed by atoms with Gasteiger partial charge in [-0.25, -0.2) is 0 Å². The van der Waals surface area contributed by atoms with E-state index in [4.69, 9.17) is 5.73 Å². The molecule has 4 heteroatoms. The van der Waals surface area contributed by atoms with Crippen molar-refractivity contribution >= 4 is 5.91 Å². The molecule has 0 spiro atoms. The summed E-state index contributed by atoms with van der Waals surface area (Å²) in [6.45, 7) is 14.3. The lowest BCUT2D eigenvalue weighted by Gasteiger charge is -2.38. The Labute approximate surface area is 106 Å². The lowest BCUT2D eigenvalue weighted by atomic mass is 9.85. The summed E-state index contributed by atoms with van der Waals surface area (Å²) in [5, 5.41) is 2.92. The van der Waals surface area contributed by atoms with Gasteiger partial charge in [0.25, 0.3) is 0 Å². The van der Waals surface area contributed by atoms with Gasteiger partial charge in [-0.15, -0.1) is 0 Å². The van der Waals surface area contributed by atoms with E-state index < -0.39 is 0 Å². The van der Waals surface area contributed by atoms with Crippen LogP contribution >= 0.6 is 0 Å². The van der Waals surface area contributed by atoms with Crippen LogP contribution in [0.25, 0.3) is 0 Å². The smallest absolute Gasteiger partial charge is 0.234 e. The SMILES string of the molecule is CCN(CC(=O)NC(C)C)C(CN)C(C)(C)C. The van der Waals surface area contributed by atoms with Crippen molar-refractivity contribution in [3.05, 3.63) is 0 Å². The molecule has 102 valence electrons. The summed E-state index contributed by atoms with van der Waals surface area (Å²) < 4.78 is 0. The molecule has 0 aliphatic carbocycles. The van der Waals surface area contributed by atoms with Crippen LogP contribution in [0.3, 0.4) is 0 Å². The zero-order chi connectivity index (χ0) is 13.6. The summed E-state index contributed by atoms with van der Waals surface area (Å²) in [7, 11) is 0. The molecule has 0 rings (SSSR count). The first-order valence-corrected chi connectivity index (χ1v) is 6.45. The van der Waals surface area contributed by atoms with E-state index in [-0.39, 0.29) is 23.4 Å². The first-order valence-electron chi connectivity index (χ1n) is 6.45. The molecule has 3 N–H and O–H groups in total. The number of hydrogen-bond donors (Lipinski definition) is 2. The molecule has 4 nitrogen and oxygen atoms in total. The monoisotopic (exact) mass is 243 g/mol. The largest absolute Gasteiger partial charge is 0.353 e. The standard InChI is InChI=1S/C13H29N3O/c1-7-16(9-12(17)15-10(2)3)11(8-14)13(4,5)6/h10-11H,7-9,14H2,1-6H3,(H,15,17). The summed E-state index contributed by atoms with van der Waals surface area (Å²) >= 11 is 0. The molecule has 0 bridgehead atoms. The zero-order valence-electron chi connectivity index (χ0n) is 12.2. The minimum absolute atomic E-state index is 0.0737. The van der Waals surface area contributed by atoms with E-state index in [1.165, 1.54) is 0 Å². The van der Waals surface area contributed by atoms with Crippen molar-refractivity contribution in [1.82, 2.24) is 10.2 Å². The van der Waals surface area contributed by atoms with Crippen LogP contribution in [0.1, 0.15) is 41.5 Å². The maximum atomic E-state index is 11.8. The topological polar surface area (TPSA) is 58.4 Å². The number of carbonyl (C=O) groups excluding carboxylic acids is 1. The number of nitrogens with two attached hydrogens (primary N) is 1. The summed E-state index contributed by atoms with van der Waals surface area (Å²) in [4.78, 5) is 13.9. The fourth-order valence-electron chi connectivity index (χ4n) is 2.04. The van der Waals surface area contributed by atoms with Gasteiger partial charge in [0.1, 0.15) is 0 Å². The molecule has 0 aromatic carbocycles. The molecule has 1 amide bonds. The van der Waals surface area contributed by atoms with Crippen molar-refractivity contribution in [1.29, 1.82) is 0 Å². The van der Waals surface area contributed by atoms with Crippen molar-refractivity contribution in [2.75, 3.05) is 19.6 Å². The molecule has 0 radical (unpaired) electrons. The second-order valence-corrected chi connectivity index (χ2v) is 5.90. The molecule has 1 unspecified atom stereocenters. The number of carbonyl (C=O) groups is 1. The van der Waals surface area contributed by atoms with Crippen molar-refractivity contribution in [2.24, 2.45) is 11.1 Å². The van der Waals surface area contributed by atoms with Gasteiger partial charge in [0.2, 0.25) is 5.91 Å². The maximum Gasteiger partial charge on any atom is 0.234 e. The quantitative estimate of drug-likeness (QED) is 0.737. The van der Waals surface area contributed by atoms with Crippen molar-refractivity contribution in [2.45, 2.75) is 53.6 Å². The Morgan fingerprint density at radius 2 is 1.88 bits per heavy atom. The number of nitrogens with one attached hydrogen (secondary N) is 1. The number of likely N-dealkylation sites (N-methyl/N-ethyl adjacent to an activating group) is 1. The Hall–Kier alpha value is -0.610. The van der Waals surface area contributed by atoms with Crippen molar-refractivity contribution in [3.8, 4) is 0 Å². The molecule has 0 fully saturated rings. The molecule has 17 heavy (non-hydrogen) atoms. The van der Waals surface area contributed by atoms with Crippen LogP contribution in [0.5, 0.6) is 0 Å². The third-order valence-corrected chi connectivity index (χ3v) is 2.87. The van der Waals surface area contributed by atoms with Crippen molar-refractivity contribution < 1.29 is 4.79 Å². The van der Waals surface area contributed by atoms with Gasteiger partial charge in [-0.2, -0.15) is 0 Å². The summed E-state index contributed by atoms with van der Waals surface area (Å²) in [5.41, 5.74) is 5.93. The van der Waals surface area contributed by atoms with E-state index in [9.17, 15) is 4.79 Å². The molecule has 0 aromatic rings. The molecule has 0 heterocycles. The van der Waals surface area contributed by atoms with Gasteiger partial charge >= 0.3 is 0 Å². The number of nitrogens with zero attached hydrogens (tertiary/aromatic N) is 1. The Balaban J connectivity index is 4.55. The summed E-state index contributed by atoms with van der Waals surface area (Å²) in [6, 6.07) is 0.414. The highest BCUT2D eigenvalue weighted by atomic mass is 16.2. The highest BCUT2D eigenvalue weighted by Gasteiger charge is 2.29. The minimum Gasteiger partial charge on any atom is -0.353 e. The van der Waals surface area contributed by atoms with Crippen LogP contribution in [-0.2, 0) is 4.79 Å². The van der Waals surface area contributed by atoms with E-state index in [1.807, 2.05) is 13.8 Å². The van der Waals surface area contributed by atoms with Crippen LogP contribution < -0.4 is 11.1 Å². The molecule has 0 aliphatic heterocycles. The number of hydrogen-bond acceptors (Lipinski definition) is 3. The van der Waals surface area contributed by atoms with Crippen LogP contribution in [0.4, 0.5) is 0 Å². The second-order valence-electron chi connectivity index (χ2n) is 5.90. The highest BCUT2D eigenvalue weighted by Crippen LogP contribution is 2.23. The molecule has 0 aliphatic rings. The Kier molecular flexibility index (Phi) is 6.72. The van der Waals surface area contributed by atoms with Crippen LogP contribution in [0, 0.1) is 5.41 Å². The van der Waals surface area contributed by atoms with Gasteiger partial charge in [0.15, 0.2) is 0 Å². The highest BCUT2D eigenvalue weighted by molar-refractivity contribution is 5.78. The molecular weight excluding hydrogens is 214 g/mol. The van der Waals surface area contributed by atoms with Crippen LogP contribution in [0.15, 0.2) is 0 Å². The van der Waals surface area contributed by atoms with E-state index >= 15 is 0 Å². The number of amides is 1. The third kappa shape index (κ3) is 6.03. The molecule has 0 saturated heterocycles. The average molecular weight is 243 g/mol. The van der Waals surface area contributed by atoms with E-state index in [2.05, 4.69) is 37.9 Å². The Bertz CT molecular complexity index is 233. The lowest BCUT2D eigenvalue weighted by molar-refractivity contribution is -0.123. The fourth-order valence-corrected chi connectivity index (χ4v) is 2.04. The van der Waals surface area contributed by atoms with Crippen molar-refractivity contribution in [3.63, 3.8) is 0 Å². The summed E-state index contributed by atoms with van der Waals surface area (Å²) in [6.07, 6.45) is 0. The molecule has 0 saturated carbocycles. The normalized spacial score (nSPS) is 14.2. The van der Waals surface area contributed by atoms with Gasteiger partial charge in [-0.05, 0) is 25.8 Å². The van der Waals surface area contributed by atoms with E-state index in [0.717, 1.165) is 6.54 Å². The fraction of sp³-hybridized carbons (Fsp3) is 0.923. The van der Waals surface area contributed by atoms with Gasteiger partial charge in [-0.1, -0.05) is 27.7 Å². The van der Waals surface area contributed by atoms with Crippen LogP contribution in [0.2, 0.25) is 0 Å². The maximum absolute atomic E-state index is 11.8. The third-order valence-electron chi connectivity index (χ3n) is 2.87. The second kappa shape index (κ2) is 6.97. The molecule has 1 atom stereocenters. The van der Waals surface area contributed by atoms with Gasteiger partial charge in [0.05, 0.1) is 6.54 Å². The van der Waals surface area contributed by atoms with E-state index in [0.29, 0.717) is 13.1 Å². The van der Waals surface area contributed by atoms with E-state index in [1.54, 1.807) is 0 Å².